The molecular weight excluding hydrogens is 166 g/mol. The van der Waals surface area contributed by atoms with Crippen LogP contribution in [0, 0.1) is 0 Å². The van der Waals surface area contributed by atoms with Crippen LogP contribution in [0.5, 0.6) is 0 Å². The molecule has 0 bridgehead atoms. The molecule has 0 aliphatic heterocycles. The Balaban J connectivity index is 3.12. The van der Waals surface area contributed by atoms with E-state index < -0.39 is 15.7 Å². The highest BCUT2D eigenvalue weighted by Crippen LogP contribution is 2.69. The van der Waals surface area contributed by atoms with Crippen LogP contribution in [0.15, 0.2) is 12.2 Å². The fourth-order valence-corrected chi connectivity index (χ4v) is 1.76. The molecule has 0 heterocycles. The minimum absolute atomic E-state index is 0.416. The number of rotatable bonds is 2. The normalized spacial score (nSPS) is 27.7. The van der Waals surface area contributed by atoms with Crippen molar-refractivity contribution in [3.63, 3.8) is 0 Å². The van der Waals surface area contributed by atoms with Gasteiger partial charge in [-0.05, 0) is 6.08 Å². The van der Waals surface area contributed by atoms with E-state index in [0.717, 1.165) is 0 Å². The predicted molar refractivity (Wildman–Crippen MR) is 61.3 cm³/mol. The lowest BCUT2D eigenvalue weighted by Crippen LogP contribution is -2.34. The standard InChI is InChI=1S/C8H7B5O/c9-6(2-1-5-14)7(10,11)3-4-8(6,12)13/h1-2,5H,3-4H2/b2-1+. The lowest BCUT2D eigenvalue weighted by molar-refractivity contribution is -0.104. The van der Waals surface area contributed by atoms with Crippen molar-refractivity contribution in [1.82, 2.24) is 0 Å². The molecule has 1 aliphatic rings. The largest absolute Gasteiger partial charge is 0.299 e. The summed E-state index contributed by atoms with van der Waals surface area (Å²) < 4.78 is 0. The second-order valence-electron chi connectivity index (χ2n) is 3.94. The average molecular weight is 173 g/mol. The van der Waals surface area contributed by atoms with Crippen molar-refractivity contribution in [2.45, 2.75) is 28.6 Å². The van der Waals surface area contributed by atoms with Crippen LogP contribution in [-0.4, -0.2) is 45.5 Å². The van der Waals surface area contributed by atoms with Crippen molar-refractivity contribution in [1.29, 1.82) is 0 Å². The molecule has 10 radical (unpaired) electrons. The number of aldehydes is 1. The summed E-state index contributed by atoms with van der Waals surface area (Å²) in [5, 5.41) is -3.63. The Morgan fingerprint density at radius 3 is 1.71 bits per heavy atom. The summed E-state index contributed by atoms with van der Waals surface area (Å²) in [5.74, 6) is 0. The van der Waals surface area contributed by atoms with Crippen LogP contribution in [0.2, 0.25) is 15.7 Å². The van der Waals surface area contributed by atoms with Crippen molar-refractivity contribution in [2.24, 2.45) is 0 Å². The molecule has 0 aromatic carbocycles. The molecule has 6 heteroatoms. The number of allylic oxidation sites excluding steroid dienone is 2. The molecule has 1 nitrogen and oxygen atoms in total. The van der Waals surface area contributed by atoms with E-state index in [-0.39, 0.29) is 0 Å². The van der Waals surface area contributed by atoms with E-state index in [9.17, 15) is 4.79 Å². The van der Waals surface area contributed by atoms with E-state index >= 15 is 0 Å². The lowest BCUT2D eigenvalue weighted by atomic mass is 9.27. The summed E-state index contributed by atoms with van der Waals surface area (Å²) in [5.41, 5.74) is 0. The van der Waals surface area contributed by atoms with Gasteiger partial charge in [0.1, 0.15) is 6.29 Å². The van der Waals surface area contributed by atoms with Crippen molar-refractivity contribution in [3.8, 4) is 0 Å². The molecule has 0 spiro atoms. The molecule has 1 rings (SSSR count). The molecule has 0 atom stereocenters. The van der Waals surface area contributed by atoms with Crippen molar-refractivity contribution < 1.29 is 4.79 Å². The number of carbonyl (C=O) groups excluding carboxylic acids is 1. The van der Waals surface area contributed by atoms with Crippen LogP contribution >= 0.6 is 0 Å². The summed E-state index contributed by atoms with van der Waals surface area (Å²) in [4.78, 5) is 10.2. The van der Waals surface area contributed by atoms with Gasteiger partial charge in [-0.25, -0.2) is 0 Å². The van der Waals surface area contributed by atoms with Gasteiger partial charge in [0.25, 0.3) is 0 Å². The fourth-order valence-electron chi connectivity index (χ4n) is 1.76. The van der Waals surface area contributed by atoms with Gasteiger partial charge in [-0.1, -0.05) is 34.7 Å². The minimum Gasteiger partial charge on any atom is -0.299 e. The molecule has 0 aromatic heterocycles. The first-order valence-corrected chi connectivity index (χ1v) is 4.34. The summed E-state index contributed by atoms with van der Waals surface area (Å²) in [7, 11) is 29.1. The molecular formula is C8H7B5O. The summed E-state index contributed by atoms with van der Waals surface area (Å²) >= 11 is 0. The zero-order valence-corrected chi connectivity index (χ0v) is 7.94. The molecule has 1 aliphatic carbocycles. The monoisotopic (exact) mass is 174 g/mol. The van der Waals surface area contributed by atoms with E-state index in [1.807, 2.05) is 0 Å². The van der Waals surface area contributed by atoms with Crippen LogP contribution in [0.1, 0.15) is 12.8 Å². The third-order valence-electron chi connectivity index (χ3n) is 2.93. The van der Waals surface area contributed by atoms with Gasteiger partial charge >= 0.3 is 0 Å². The number of hydrogen-bond donors (Lipinski definition) is 0. The second-order valence-corrected chi connectivity index (χ2v) is 3.94. The molecule has 0 aromatic rings. The molecule has 0 N–H and O–H groups in total. The van der Waals surface area contributed by atoms with E-state index in [1.54, 1.807) is 0 Å². The van der Waals surface area contributed by atoms with E-state index in [1.165, 1.54) is 12.2 Å². The molecule has 14 heavy (non-hydrogen) atoms. The molecule has 1 fully saturated rings. The Kier molecular flexibility index (Phi) is 2.86. The molecule has 0 saturated heterocycles. The van der Waals surface area contributed by atoms with Gasteiger partial charge in [-0.2, -0.15) is 0 Å². The van der Waals surface area contributed by atoms with Gasteiger partial charge in [0.15, 0.2) is 0 Å². The summed E-state index contributed by atoms with van der Waals surface area (Å²) in [6.45, 7) is 0. The van der Waals surface area contributed by atoms with Crippen LogP contribution in [0.3, 0.4) is 0 Å². The first kappa shape index (κ1) is 11.8. The van der Waals surface area contributed by atoms with Gasteiger partial charge in [0.2, 0.25) is 0 Å². The Morgan fingerprint density at radius 2 is 1.36 bits per heavy atom. The predicted octanol–water partition coefficient (Wildman–Crippen LogP) is -0.231. The first-order chi connectivity index (χ1) is 6.27. The first-order valence-electron chi connectivity index (χ1n) is 4.34. The maximum Gasteiger partial charge on any atom is 0.142 e. The maximum atomic E-state index is 10.2. The van der Waals surface area contributed by atoms with E-state index in [4.69, 9.17) is 39.2 Å². The van der Waals surface area contributed by atoms with Crippen LogP contribution in [0.25, 0.3) is 0 Å². The lowest BCUT2D eigenvalue weighted by Gasteiger charge is -2.47. The van der Waals surface area contributed by atoms with E-state index in [2.05, 4.69) is 0 Å². The van der Waals surface area contributed by atoms with E-state index in [0.29, 0.717) is 19.1 Å². The molecule has 0 unspecified atom stereocenters. The van der Waals surface area contributed by atoms with Crippen LogP contribution < -0.4 is 0 Å². The zero-order valence-electron chi connectivity index (χ0n) is 7.94. The van der Waals surface area contributed by atoms with Gasteiger partial charge in [0, 0.05) is 0 Å². The van der Waals surface area contributed by atoms with Gasteiger partial charge in [-0.3, -0.25) is 4.79 Å². The van der Waals surface area contributed by atoms with Crippen molar-refractivity contribution in [2.75, 3.05) is 0 Å². The third kappa shape index (κ3) is 1.53. The quantitative estimate of drug-likeness (QED) is 0.320. The van der Waals surface area contributed by atoms with Gasteiger partial charge in [0.05, 0.1) is 39.2 Å². The zero-order chi connectivity index (χ0) is 11.0. The second kappa shape index (κ2) is 3.39. The Morgan fingerprint density at radius 1 is 0.929 bits per heavy atom. The smallest absolute Gasteiger partial charge is 0.142 e. The van der Waals surface area contributed by atoms with Crippen LogP contribution in [-0.2, 0) is 4.79 Å². The Hall–Kier alpha value is -0.265. The average Bonchev–Trinajstić information content (AvgIpc) is 2.24. The Labute approximate surface area is 91.5 Å². The Bertz CT molecular complexity index is 255. The third-order valence-corrected chi connectivity index (χ3v) is 2.93. The highest BCUT2D eigenvalue weighted by molar-refractivity contribution is 6.53. The molecule has 0 amide bonds. The minimum atomic E-state index is -1.26. The maximum absolute atomic E-state index is 10.2. The highest BCUT2D eigenvalue weighted by Gasteiger charge is 2.51. The van der Waals surface area contributed by atoms with Crippen LogP contribution in [0.4, 0.5) is 0 Å². The highest BCUT2D eigenvalue weighted by atomic mass is 16.1. The SMILES string of the molecule is [B]C1([B])CCC([B])([B])C1([B])/C=C/C=O. The summed E-state index contributed by atoms with van der Waals surface area (Å²) in [6, 6.07) is 0. The van der Waals surface area contributed by atoms with Crippen molar-refractivity contribution in [3.05, 3.63) is 12.2 Å². The topological polar surface area (TPSA) is 17.1 Å². The number of carbonyl (C=O) groups is 1. The molecule has 1 saturated carbocycles. The fraction of sp³-hybridized carbons (Fsp3) is 0.625. The van der Waals surface area contributed by atoms with Gasteiger partial charge in [-0.15, -0.1) is 0 Å². The van der Waals surface area contributed by atoms with Crippen molar-refractivity contribution >= 4 is 45.5 Å². The number of hydrogen-bond acceptors (Lipinski definition) is 1. The van der Waals surface area contributed by atoms with Gasteiger partial charge < -0.3 is 0 Å². The summed E-state index contributed by atoms with van der Waals surface area (Å²) in [6.07, 6.45) is 4.01. The molecule has 60 valence electrons.